The summed E-state index contributed by atoms with van der Waals surface area (Å²) in [6, 6.07) is 0. The smallest absolute Gasteiger partial charge is 0.0616 e. The fourth-order valence-electron chi connectivity index (χ4n) is 3.07. The van der Waals surface area contributed by atoms with E-state index in [4.69, 9.17) is 9.47 Å². The van der Waals surface area contributed by atoms with E-state index >= 15 is 0 Å². The second kappa shape index (κ2) is 9.70. The topological polar surface area (TPSA) is 50.7 Å². The zero-order valence-electron chi connectivity index (χ0n) is 12.6. The number of aliphatic hydroxyl groups is 1. The van der Waals surface area contributed by atoms with E-state index in [1.165, 1.54) is 12.8 Å². The van der Waals surface area contributed by atoms with Gasteiger partial charge in [-0.25, -0.2) is 0 Å². The monoisotopic (exact) mass is 273 g/mol. The first-order valence-corrected chi connectivity index (χ1v) is 7.71. The molecule has 19 heavy (non-hydrogen) atoms. The van der Waals surface area contributed by atoms with E-state index in [0.29, 0.717) is 5.92 Å². The lowest BCUT2D eigenvalue weighted by Crippen LogP contribution is -2.51. The summed E-state index contributed by atoms with van der Waals surface area (Å²) in [5.41, 5.74) is -0.0497. The Labute approximate surface area is 117 Å². The van der Waals surface area contributed by atoms with Crippen molar-refractivity contribution in [2.75, 3.05) is 40.1 Å². The molecular formula is C15H31NO3. The Kier molecular flexibility index (Phi) is 8.62. The molecule has 1 rings (SSSR count). The molecule has 0 aliphatic heterocycles. The lowest BCUT2D eigenvalue weighted by molar-refractivity contribution is 0.0688. The highest BCUT2D eigenvalue weighted by Gasteiger charge is 2.41. The molecule has 0 aromatic carbocycles. The summed E-state index contributed by atoms with van der Waals surface area (Å²) in [6.45, 7) is 5.75. The van der Waals surface area contributed by atoms with Crippen LogP contribution in [0, 0.1) is 5.92 Å². The zero-order chi connectivity index (χ0) is 14.0. The minimum Gasteiger partial charge on any atom is -0.394 e. The van der Waals surface area contributed by atoms with Gasteiger partial charge in [0.05, 0.1) is 6.61 Å². The van der Waals surface area contributed by atoms with Gasteiger partial charge in [0, 0.05) is 32.5 Å². The Morgan fingerprint density at radius 3 is 2.84 bits per heavy atom. The molecule has 1 saturated carbocycles. The van der Waals surface area contributed by atoms with Crippen LogP contribution >= 0.6 is 0 Å². The van der Waals surface area contributed by atoms with Crippen LogP contribution in [0.3, 0.4) is 0 Å². The number of rotatable bonds is 11. The van der Waals surface area contributed by atoms with Gasteiger partial charge in [0.2, 0.25) is 0 Å². The molecule has 1 aliphatic carbocycles. The Morgan fingerprint density at radius 1 is 1.32 bits per heavy atom. The molecule has 114 valence electrons. The highest BCUT2D eigenvalue weighted by atomic mass is 16.5. The second-order valence-electron chi connectivity index (χ2n) is 5.58. The minimum absolute atomic E-state index is 0.0497. The molecule has 0 spiro atoms. The van der Waals surface area contributed by atoms with Gasteiger partial charge in [0.25, 0.3) is 0 Å². The zero-order valence-corrected chi connectivity index (χ0v) is 12.6. The van der Waals surface area contributed by atoms with Crippen molar-refractivity contribution in [3.63, 3.8) is 0 Å². The van der Waals surface area contributed by atoms with E-state index in [1.54, 1.807) is 7.11 Å². The molecule has 2 N–H and O–H groups in total. The molecule has 0 heterocycles. The van der Waals surface area contributed by atoms with Gasteiger partial charge < -0.3 is 19.9 Å². The molecule has 4 nitrogen and oxygen atoms in total. The van der Waals surface area contributed by atoms with E-state index in [9.17, 15) is 5.11 Å². The van der Waals surface area contributed by atoms with Crippen LogP contribution in [0.25, 0.3) is 0 Å². The van der Waals surface area contributed by atoms with Crippen LogP contribution in [0.5, 0.6) is 0 Å². The van der Waals surface area contributed by atoms with Crippen molar-refractivity contribution in [3.8, 4) is 0 Å². The first-order chi connectivity index (χ1) is 9.29. The van der Waals surface area contributed by atoms with Gasteiger partial charge in [-0.15, -0.1) is 0 Å². The number of hydrogen-bond acceptors (Lipinski definition) is 4. The van der Waals surface area contributed by atoms with Crippen LogP contribution in [0.15, 0.2) is 0 Å². The molecule has 0 aromatic rings. The molecule has 0 radical (unpaired) electrons. The first kappa shape index (κ1) is 16.9. The van der Waals surface area contributed by atoms with Crippen molar-refractivity contribution < 1.29 is 14.6 Å². The minimum atomic E-state index is -0.0497. The largest absolute Gasteiger partial charge is 0.394 e. The second-order valence-corrected chi connectivity index (χ2v) is 5.58. The van der Waals surface area contributed by atoms with Crippen molar-refractivity contribution in [2.24, 2.45) is 5.92 Å². The molecule has 2 atom stereocenters. The maximum Gasteiger partial charge on any atom is 0.0616 e. The third-order valence-electron chi connectivity index (χ3n) is 4.21. The normalized spacial score (nSPS) is 27.0. The van der Waals surface area contributed by atoms with Gasteiger partial charge in [0.15, 0.2) is 0 Å². The van der Waals surface area contributed by atoms with Crippen LogP contribution in [-0.4, -0.2) is 50.7 Å². The van der Waals surface area contributed by atoms with E-state index in [0.717, 1.165) is 52.0 Å². The van der Waals surface area contributed by atoms with Crippen LogP contribution in [0.2, 0.25) is 0 Å². The van der Waals surface area contributed by atoms with Gasteiger partial charge in [-0.2, -0.15) is 0 Å². The summed E-state index contributed by atoms with van der Waals surface area (Å²) in [5.74, 6) is 0.548. The van der Waals surface area contributed by atoms with Crippen molar-refractivity contribution in [1.82, 2.24) is 5.32 Å². The summed E-state index contributed by atoms with van der Waals surface area (Å²) in [7, 11) is 1.72. The van der Waals surface area contributed by atoms with Gasteiger partial charge in [0.1, 0.15) is 0 Å². The van der Waals surface area contributed by atoms with Crippen molar-refractivity contribution in [3.05, 3.63) is 0 Å². The molecular weight excluding hydrogens is 242 g/mol. The van der Waals surface area contributed by atoms with Gasteiger partial charge in [-0.1, -0.05) is 13.3 Å². The molecule has 0 bridgehead atoms. The van der Waals surface area contributed by atoms with Crippen LogP contribution < -0.4 is 5.32 Å². The predicted octanol–water partition coefficient (Wildman–Crippen LogP) is 1.96. The van der Waals surface area contributed by atoms with Crippen LogP contribution in [-0.2, 0) is 9.47 Å². The molecule has 4 heteroatoms. The molecule has 0 saturated heterocycles. The molecule has 1 fully saturated rings. The number of ether oxygens (including phenoxy) is 2. The fourth-order valence-corrected chi connectivity index (χ4v) is 3.07. The molecule has 1 aliphatic rings. The SMILES string of the molecule is CCCNC1(CO)CCCC1CCOCCCOC. The highest BCUT2D eigenvalue weighted by molar-refractivity contribution is 4.98. The average molecular weight is 273 g/mol. The van der Waals surface area contributed by atoms with Crippen LogP contribution in [0.4, 0.5) is 0 Å². The summed E-state index contributed by atoms with van der Waals surface area (Å²) in [4.78, 5) is 0. The quantitative estimate of drug-likeness (QED) is 0.565. The summed E-state index contributed by atoms with van der Waals surface area (Å²) in [5, 5.41) is 13.3. The van der Waals surface area contributed by atoms with Gasteiger partial charge in [-0.3, -0.25) is 0 Å². The predicted molar refractivity (Wildman–Crippen MR) is 77.4 cm³/mol. The number of aliphatic hydroxyl groups excluding tert-OH is 1. The third-order valence-corrected chi connectivity index (χ3v) is 4.21. The Bertz CT molecular complexity index is 225. The first-order valence-electron chi connectivity index (χ1n) is 7.71. The lowest BCUT2D eigenvalue weighted by atomic mass is 9.85. The Morgan fingerprint density at radius 2 is 2.16 bits per heavy atom. The Balaban J connectivity index is 2.26. The lowest BCUT2D eigenvalue weighted by Gasteiger charge is -2.35. The Hall–Kier alpha value is -0.160. The molecule has 2 unspecified atom stereocenters. The fraction of sp³-hybridized carbons (Fsp3) is 1.00. The van der Waals surface area contributed by atoms with Gasteiger partial charge >= 0.3 is 0 Å². The van der Waals surface area contributed by atoms with Crippen molar-refractivity contribution >= 4 is 0 Å². The number of methoxy groups -OCH3 is 1. The number of hydrogen-bond donors (Lipinski definition) is 2. The molecule has 0 aromatic heterocycles. The van der Waals surface area contributed by atoms with Crippen molar-refractivity contribution in [1.29, 1.82) is 0 Å². The van der Waals surface area contributed by atoms with E-state index in [-0.39, 0.29) is 12.1 Å². The third kappa shape index (κ3) is 5.38. The summed E-state index contributed by atoms with van der Waals surface area (Å²) in [6.07, 6.45) is 6.63. The standard InChI is InChI=1S/C15H31NO3/c1-3-9-16-15(13-17)8-4-6-14(15)7-12-19-11-5-10-18-2/h14,16-17H,3-13H2,1-2H3. The summed E-state index contributed by atoms with van der Waals surface area (Å²) < 4.78 is 10.6. The van der Waals surface area contributed by atoms with E-state index in [1.807, 2.05) is 0 Å². The van der Waals surface area contributed by atoms with Gasteiger partial charge in [-0.05, 0) is 44.6 Å². The summed E-state index contributed by atoms with van der Waals surface area (Å²) >= 11 is 0. The molecule has 0 amide bonds. The number of nitrogens with one attached hydrogen (secondary N) is 1. The van der Waals surface area contributed by atoms with E-state index < -0.39 is 0 Å². The van der Waals surface area contributed by atoms with Crippen LogP contribution in [0.1, 0.15) is 45.4 Å². The highest BCUT2D eigenvalue weighted by Crippen LogP contribution is 2.37. The van der Waals surface area contributed by atoms with Crippen molar-refractivity contribution in [2.45, 2.75) is 51.0 Å². The maximum absolute atomic E-state index is 9.77. The van der Waals surface area contributed by atoms with E-state index in [2.05, 4.69) is 12.2 Å². The maximum atomic E-state index is 9.77. The average Bonchev–Trinajstić information content (AvgIpc) is 2.84.